The summed E-state index contributed by atoms with van der Waals surface area (Å²) in [6.45, 7) is 0.397. The summed E-state index contributed by atoms with van der Waals surface area (Å²) >= 11 is 5.80. The number of aromatic nitrogens is 3. The van der Waals surface area contributed by atoms with E-state index in [1.165, 1.54) is 12.3 Å². The average molecular weight is 266 g/mol. The molecule has 0 bridgehead atoms. The molecule has 2 aromatic heterocycles. The summed E-state index contributed by atoms with van der Waals surface area (Å²) in [5.41, 5.74) is 6.76. The fourth-order valence-corrected chi connectivity index (χ4v) is 1.59. The number of hydrogen-bond acceptors (Lipinski definition) is 4. The molecule has 3 N–H and O–H groups in total. The van der Waals surface area contributed by atoms with E-state index in [1.54, 1.807) is 10.9 Å². The number of rotatable bonds is 3. The third kappa shape index (κ3) is 2.78. The zero-order valence-electron chi connectivity index (χ0n) is 9.72. The van der Waals surface area contributed by atoms with Gasteiger partial charge in [-0.1, -0.05) is 11.6 Å². The normalized spacial score (nSPS) is 10.3. The Morgan fingerprint density at radius 1 is 1.56 bits per heavy atom. The van der Waals surface area contributed by atoms with Crippen LogP contribution in [0.1, 0.15) is 15.9 Å². The lowest BCUT2D eigenvalue weighted by Crippen LogP contribution is -2.22. The number of carbonyl (C=O) groups is 1. The number of pyridine rings is 1. The molecule has 0 fully saturated rings. The van der Waals surface area contributed by atoms with Crippen LogP contribution in [0.15, 0.2) is 24.7 Å². The first kappa shape index (κ1) is 12.4. The summed E-state index contributed by atoms with van der Waals surface area (Å²) in [7, 11) is 1.81. The lowest BCUT2D eigenvalue weighted by atomic mass is 10.2. The Balaban J connectivity index is 2.01. The maximum Gasteiger partial charge on any atom is 0.253 e. The van der Waals surface area contributed by atoms with Crippen LogP contribution in [-0.4, -0.2) is 20.7 Å². The van der Waals surface area contributed by atoms with E-state index in [1.807, 2.05) is 13.2 Å². The lowest BCUT2D eigenvalue weighted by molar-refractivity contribution is 0.0950. The molecular weight excluding hydrogens is 254 g/mol. The highest BCUT2D eigenvalue weighted by atomic mass is 35.5. The van der Waals surface area contributed by atoms with Gasteiger partial charge in [0.1, 0.15) is 5.82 Å². The molecular formula is C11H12ClN5O. The second kappa shape index (κ2) is 5.05. The van der Waals surface area contributed by atoms with Crippen molar-refractivity contribution in [1.29, 1.82) is 0 Å². The van der Waals surface area contributed by atoms with Crippen LogP contribution >= 0.6 is 11.6 Å². The van der Waals surface area contributed by atoms with Crippen LogP contribution in [0, 0.1) is 0 Å². The summed E-state index contributed by atoms with van der Waals surface area (Å²) in [6.07, 6.45) is 4.91. The Labute approximate surface area is 109 Å². The predicted molar refractivity (Wildman–Crippen MR) is 68.0 cm³/mol. The monoisotopic (exact) mass is 265 g/mol. The second-order valence-electron chi connectivity index (χ2n) is 3.80. The van der Waals surface area contributed by atoms with E-state index in [4.69, 9.17) is 17.3 Å². The minimum absolute atomic E-state index is 0.209. The maximum atomic E-state index is 11.8. The van der Waals surface area contributed by atoms with Gasteiger partial charge in [-0.05, 0) is 6.07 Å². The Morgan fingerprint density at radius 2 is 2.33 bits per heavy atom. The van der Waals surface area contributed by atoms with E-state index in [2.05, 4.69) is 15.4 Å². The molecule has 0 unspecified atom stereocenters. The van der Waals surface area contributed by atoms with Gasteiger partial charge in [-0.2, -0.15) is 5.10 Å². The third-order valence-electron chi connectivity index (χ3n) is 2.34. The summed E-state index contributed by atoms with van der Waals surface area (Å²) in [5.74, 6) is -0.0475. The van der Waals surface area contributed by atoms with Gasteiger partial charge in [-0.3, -0.25) is 9.48 Å². The highest BCUT2D eigenvalue weighted by molar-refractivity contribution is 6.33. The summed E-state index contributed by atoms with van der Waals surface area (Å²) < 4.78 is 1.67. The van der Waals surface area contributed by atoms with Gasteiger partial charge in [0.25, 0.3) is 5.91 Å². The molecule has 0 aliphatic heterocycles. The molecule has 0 aliphatic rings. The maximum absolute atomic E-state index is 11.8. The molecule has 6 nitrogen and oxygen atoms in total. The van der Waals surface area contributed by atoms with Crippen molar-refractivity contribution in [3.8, 4) is 0 Å². The highest BCUT2D eigenvalue weighted by Crippen LogP contribution is 2.16. The number of carbonyl (C=O) groups excluding carboxylic acids is 1. The molecule has 0 atom stereocenters. The van der Waals surface area contributed by atoms with Crippen molar-refractivity contribution >= 4 is 23.3 Å². The van der Waals surface area contributed by atoms with Crippen LogP contribution in [0.25, 0.3) is 0 Å². The zero-order valence-corrected chi connectivity index (χ0v) is 10.5. The first-order chi connectivity index (χ1) is 8.56. The Bertz CT molecular complexity index is 581. The Morgan fingerprint density at radius 3 is 2.94 bits per heavy atom. The molecule has 18 heavy (non-hydrogen) atoms. The van der Waals surface area contributed by atoms with Gasteiger partial charge in [0.2, 0.25) is 0 Å². The van der Waals surface area contributed by atoms with Crippen LogP contribution in [-0.2, 0) is 13.6 Å². The smallest absolute Gasteiger partial charge is 0.253 e. The number of nitrogens with zero attached hydrogens (tertiary/aromatic N) is 3. The molecule has 2 heterocycles. The molecule has 7 heteroatoms. The van der Waals surface area contributed by atoms with E-state index in [9.17, 15) is 4.79 Å². The first-order valence-corrected chi connectivity index (χ1v) is 5.61. The van der Waals surface area contributed by atoms with Gasteiger partial charge in [-0.25, -0.2) is 4.98 Å². The second-order valence-corrected chi connectivity index (χ2v) is 4.20. The molecule has 94 valence electrons. The largest absolute Gasteiger partial charge is 0.382 e. The van der Waals surface area contributed by atoms with E-state index in [0.717, 1.165) is 5.56 Å². The van der Waals surface area contributed by atoms with Gasteiger partial charge >= 0.3 is 0 Å². The van der Waals surface area contributed by atoms with Gasteiger partial charge in [0.15, 0.2) is 0 Å². The van der Waals surface area contributed by atoms with Crippen LogP contribution < -0.4 is 11.1 Å². The van der Waals surface area contributed by atoms with Gasteiger partial charge < -0.3 is 11.1 Å². The van der Waals surface area contributed by atoms with E-state index < -0.39 is 0 Å². The number of amides is 1. The fraction of sp³-hybridized carbons (Fsp3) is 0.182. The number of nitrogens with two attached hydrogens (primary N) is 1. The molecule has 0 aromatic carbocycles. The molecule has 2 rings (SSSR count). The number of halogens is 1. The first-order valence-electron chi connectivity index (χ1n) is 5.23. The van der Waals surface area contributed by atoms with Crippen molar-refractivity contribution in [2.45, 2.75) is 6.54 Å². The summed E-state index contributed by atoms with van der Waals surface area (Å²) in [5, 5.41) is 7.02. The van der Waals surface area contributed by atoms with Crippen molar-refractivity contribution in [3.63, 3.8) is 0 Å². The van der Waals surface area contributed by atoms with Gasteiger partial charge in [0.05, 0.1) is 16.8 Å². The molecule has 0 saturated heterocycles. The molecule has 0 radical (unpaired) electrons. The molecule has 0 spiro atoms. The van der Waals surface area contributed by atoms with Crippen molar-refractivity contribution in [2.24, 2.45) is 7.05 Å². The summed E-state index contributed by atoms with van der Waals surface area (Å²) in [4.78, 5) is 15.6. The van der Waals surface area contributed by atoms with Gasteiger partial charge in [-0.15, -0.1) is 0 Å². The quantitative estimate of drug-likeness (QED) is 0.866. The molecule has 0 saturated carbocycles. The fourth-order valence-electron chi connectivity index (χ4n) is 1.42. The number of nitrogens with one attached hydrogen (secondary N) is 1. The minimum Gasteiger partial charge on any atom is -0.382 e. The van der Waals surface area contributed by atoms with Crippen LogP contribution in [0.5, 0.6) is 0 Å². The lowest BCUT2D eigenvalue weighted by Gasteiger charge is -2.04. The number of anilines is 1. The molecule has 1 amide bonds. The minimum atomic E-state index is -0.256. The predicted octanol–water partition coefficient (Wildman–Crippen LogP) is 0.981. The van der Waals surface area contributed by atoms with Crippen molar-refractivity contribution in [3.05, 3.63) is 40.8 Å². The van der Waals surface area contributed by atoms with E-state index in [0.29, 0.717) is 12.1 Å². The SMILES string of the molecule is Cn1cc(CNC(=O)c2cnc(N)c(Cl)c2)cn1. The Hall–Kier alpha value is -2.08. The number of hydrogen-bond donors (Lipinski definition) is 2. The standard InChI is InChI=1S/C11H12ClN5O/c1-17-6-7(4-16-17)3-15-11(18)8-2-9(12)10(13)14-5-8/h2,4-6H,3H2,1H3,(H2,13,14)(H,15,18). The highest BCUT2D eigenvalue weighted by Gasteiger charge is 2.08. The van der Waals surface area contributed by atoms with Crippen molar-refractivity contribution in [2.75, 3.05) is 5.73 Å². The molecule has 0 aliphatic carbocycles. The third-order valence-corrected chi connectivity index (χ3v) is 2.65. The Kier molecular flexibility index (Phi) is 3.47. The van der Waals surface area contributed by atoms with Gasteiger partial charge in [0, 0.05) is 31.5 Å². The summed E-state index contributed by atoms with van der Waals surface area (Å²) in [6, 6.07) is 1.49. The van der Waals surface area contributed by atoms with Crippen LogP contribution in [0.4, 0.5) is 5.82 Å². The average Bonchev–Trinajstić information content (AvgIpc) is 2.75. The van der Waals surface area contributed by atoms with Crippen LogP contribution in [0.3, 0.4) is 0 Å². The van der Waals surface area contributed by atoms with E-state index in [-0.39, 0.29) is 16.7 Å². The van der Waals surface area contributed by atoms with E-state index >= 15 is 0 Å². The number of aryl methyl sites for hydroxylation is 1. The van der Waals surface area contributed by atoms with Crippen molar-refractivity contribution in [1.82, 2.24) is 20.1 Å². The van der Waals surface area contributed by atoms with Crippen molar-refractivity contribution < 1.29 is 4.79 Å². The molecule has 2 aromatic rings. The zero-order chi connectivity index (χ0) is 13.1. The number of nitrogen functional groups attached to an aromatic ring is 1. The van der Waals surface area contributed by atoms with Crippen LogP contribution in [0.2, 0.25) is 5.02 Å². The topological polar surface area (TPSA) is 85.8 Å².